The van der Waals surface area contributed by atoms with E-state index in [9.17, 15) is 0 Å². The van der Waals surface area contributed by atoms with E-state index in [-0.39, 0.29) is 0 Å². The average Bonchev–Trinajstić information content (AvgIpc) is 3.06. The zero-order chi connectivity index (χ0) is 17.1. The molecule has 25 heavy (non-hydrogen) atoms. The summed E-state index contributed by atoms with van der Waals surface area (Å²) in [6, 6.07) is 8.29. The third-order valence-corrected chi connectivity index (χ3v) is 4.68. The van der Waals surface area contributed by atoms with Crippen LogP contribution in [-0.4, -0.2) is 21.5 Å². The van der Waals surface area contributed by atoms with Crippen molar-refractivity contribution < 1.29 is 0 Å². The molecule has 0 amide bonds. The zero-order valence-electron chi connectivity index (χ0n) is 14.4. The zero-order valence-corrected chi connectivity index (χ0v) is 14.4. The third kappa shape index (κ3) is 3.63. The fraction of sp³-hybridized carbons (Fsp3) is 0.238. The van der Waals surface area contributed by atoms with Crippen molar-refractivity contribution in [1.82, 2.24) is 15.0 Å². The first-order valence-electron chi connectivity index (χ1n) is 8.73. The van der Waals surface area contributed by atoms with Crippen LogP contribution < -0.4 is 5.32 Å². The number of hydrogen-bond acceptors (Lipinski definition) is 3. The number of hydrogen-bond donors (Lipinski definition) is 2. The number of H-pyrrole nitrogens is 1. The summed E-state index contributed by atoms with van der Waals surface area (Å²) in [7, 11) is 0. The maximum absolute atomic E-state index is 4.56. The fourth-order valence-corrected chi connectivity index (χ4v) is 3.17. The lowest BCUT2D eigenvalue weighted by atomic mass is 9.97. The lowest BCUT2D eigenvalue weighted by molar-refractivity contribution is 0.686. The number of nitrogens with zero attached hydrogens (tertiary/aromatic N) is 2. The van der Waals surface area contributed by atoms with Crippen molar-refractivity contribution in [3.8, 4) is 0 Å². The van der Waals surface area contributed by atoms with Gasteiger partial charge in [-0.05, 0) is 48.6 Å². The smallest absolute Gasteiger partial charge is 0.137 e. The van der Waals surface area contributed by atoms with Gasteiger partial charge in [-0.2, -0.15) is 0 Å². The summed E-state index contributed by atoms with van der Waals surface area (Å²) in [4.78, 5) is 12.1. The molecule has 4 heteroatoms. The summed E-state index contributed by atoms with van der Waals surface area (Å²) in [6.07, 6.45) is 14.5. The topological polar surface area (TPSA) is 53.6 Å². The van der Waals surface area contributed by atoms with Crippen LogP contribution in [0.3, 0.4) is 0 Å². The Labute approximate surface area is 147 Å². The molecular weight excluding hydrogens is 308 g/mol. The predicted molar refractivity (Wildman–Crippen MR) is 103 cm³/mol. The number of aromatic nitrogens is 3. The summed E-state index contributed by atoms with van der Waals surface area (Å²) in [5.41, 5.74) is 4.74. The van der Waals surface area contributed by atoms with Crippen LogP contribution in [0.15, 0.2) is 66.7 Å². The van der Waals surface area contributed by atoms with E-state index in [1.54, 1.807) is 0 Å². The first-order valence-corrected chi connectivity index (χ1v) is 8.73. The number of fused-ring (bicyclic) bond motifs is 1. The van der Waals surface area contributed by atoms with Gasteiger partial charge in [0, 0.05) is 36.9 Å². The minimum Gasteiger partial charge on any atom is -0.369 e. The maximum Gasteiger partial charge on any atom is 0.137 e. The van der Waals surface area contributed by atoms with Crippen LogP contribution in [0.2, 0.25) is 0 Å². The first-order chi connectivity index (χ1) is 12.3. The van der Waals surface area contributed by atoms with Gasteiger partial charge in [-0.3, -0.25) is 0 Å². The van der Waals surface area contributed by atoms with Crippen LogP contribution in [0.25, 0.3) is 11.0 Å². The molecule has 4 nitrogen and oxygen atoms in total. The second kappa shape index (κ2) is 6.93. The molecule has 0 aromatic carbocycles. The molecule has 0 bridgehead atoms. The number of aromatic amines is 1. The average molecular weight is 330 g/mol. The van der Waals surface area contributed by atoms with Gasteiger partial charge < -0.3 is 10.3 Å². The highest BCUT2D eigenvalue weighted by Crippen LogP contribution is 2.20. The summed E-state index contributed by atoms with van der Waals surface area (Å²) >= 11 is 0. The Balaban J connectivity index is 1.38. The Morgan fingerprint density at radius 2 is 2.20 bits per heavy atom. The molecule has 0 aliphatic heterocycles. The Kier molecular flexibility index (Phi) is 4.34. The van der Waals surface area contributed by atoms with E-state index >= 15 is 0 Å². The summed E-state index contributed by atoms with van der Waals surface area (Å²) < 4.78 is 0. The lowest BCUT2D eigenvalue weighted by Crippen LogP contribution is -2.14. The standard InChI is InChI=1S/C21H22N4/c1-15-4-6-16(7-5-15)12-23-20-9-8-17(13-24-20)11-18-14-25-21-19(18)3-2-10-22-21/h2-6,8-10,13-14,16H,7,11-12H2,1H3,(H,22,25)(H,23,24). The Morgan fingerprint density at radius 3 is 3.00 bits per heavy atom. The molecule has 3 aromatic rings. The highest BCUT2D eigenvalue weighted by atomic mass is 15.0. The van der Waals surface area contributed by atoms with Crippen molar-refractivity contribution in [2.75, 3.05) is 11.9 Å². The second-order valence-electron chi connectivity index (χ2n) is 6.63. The largest absolute Gasteiger partial charge is 0.369 e. The number of allylic oxidation sites excluding steroid dienone is 3. The Hall–Kier alpha value is -2.88. The minimum atomic E-state index is 0.545. The third-order valence-electron chi connectivity index (χ3n) is 4.68. The SMILES string of the molecule is CC1=CCC(CNc2ccc(Cc3c[nH]c4ncccc34)cn2)C=C1. The van der Waals surface area contributed by atoms with Gasteiger partial charge in [0.05, 0.1) is 0 Å². The molecule has 4 rings (SSSR count). The molecule has 1 unspecified atom stereocenters. The van der Waals surface area contributed by atoms with Gasteiger partial charge >= 0.3 is 0 Å². The van der Waals surface area contributed by atoms with Crippen molar-refractivity contribution in [3.05, 3.63) is 77.8 Å². The van der Waals surface area contributed by atoms with E-state index in [4.69, 9.17) is 0 Å². The van der Waals surface area contributed by atoms with Crippen LogP contribution >= 0.6 is 0 Å². The van der Waals surface area contributed by atoms with Gasteiger partial charge in [-0.25, -0.2) is 9.97 Å². The van der Waals surface area contributed by atoms with E-state index in [1.807, 2.05) is 24.7 Å². The number of pyridine rings is 2. The van der Waals surface area contributed by atoms with Gasteiger partial charge in [-0.15, -0.1) is 0 Å². The van der Waals surface area contributed by atoms with Crippen molar-refractivity contribution in [3.63, 3.8) is 0 Å². The second-order valence-corrected chi connectivity index (χ2v) is 6.63. The van der Waals surface area contributed by atoms with Gasteiger partial charge in [0.2, 0.25) is 0 Å². The molecule has 0 spiro atoms. The van der Waals surface area contributed by atoms with Crippen LogP contribution in [-0.2, 0) is 6.42 Å². The van der Waals surface area contributed by atoms with Gasteiger partial charge in [0.15, 0.2) is 0 Å². The van der Waals surface area contributed by atoms with Gasteiger partial charge in [0.25, 0.3) is 0 Å². The predicted octanol–water partition coefficient (Wildman–Crippen LogP) is 4.48. The molecule has 0 fully saturated rings. The van der Waals surface area contributed by atoms with Gasteiger partial charge in [-0.1, -0.05) is 29.9 Å². The quantitative estimate of drug-likeness (QED) is 0.725. The highest BCUT2D eigenvalue weighted by molar-refractivity contribution is 5.79. The van der Waals surface area contributed by atoms with E-state index < -0.39 is 0 Å². The summed E-state index contributed by atoms with van der Waals surface area (Å²) in [6.45, 7) is 3.06. The molecule has 1 aliphatic carbocycles. The molecule has 0 saturated heterocycles. The van der Waals surface area contributed by atoms with Crippen molar-refractivity contribution in [1.29, 1.82) is 0 Å². The molecule has 1 atom stereocenters. The molecular formula is C21H22N4. The van der Waals surface area contributed by atoms with E-state index in [1.165, 1.54) is 22.1 Å². The van der Waals surface area contributed by atoms with Crippen molar-refractivity contribution in [2.24, 2.45) is 5.92 Å². The first kappa shape index (κ1) is 15.6. The fourth-order valence-electron chi connectivity index (χ4n) is 3.17. The van der Waals surface area contributed by atoms with E-state index in [2.05, 4.69) is 63.6 Å². The lowest BCUT2D eigenvalue weighted by Gasteiger charge is -2.16. The monoisotopic (exact) mass is 330 g/mol. The Morgan fingerprint density at radius 1 is 1.24 bits per heavy atom. The van der Waals surface area contributed by atoms with Crippen LogP contribution in [0, 0.1) is 5.92 Å². The molecule has 1 aliphatic rings. The van der Waals surface area contributed by atoms with E-state index in [0.29, 0.717) is 5.92 Å². The highest BCUT2D eigenvalue weighted by Gasteiger charge is 2.08. The van der Waals surface area contributed by atoms with Crippen molar-refractivity contribution in [2.45, 2.75) is 19.8 Å². The minimum absolute atomic E-state index is 0.545. The van der Waals surface area contributed by atoms with Crippen molar-refractivity contribution >= 4 is 16.9 Å². The number of anilines is 1. The molecule has 0 radical (unpaired) electrons. The molecule has 126 valence electrons. The molecule has 0 saturated carbocycles. The molecule has 3 aromatic heterocycles. The van der Waals surface area contributed by atoms with Crippen LogP contribution in [0.4, 0.5) is 5.82 Å². The normalized spacial score (nSPS) is 16.8. The van der Waals surface area contributed by atoms with E-state index in [0.717, 1.165) is 30.9 Å². The summed E-state index contributed by atoms with van der Waals surface area (Å²) in [5, 5.41) is 4.62. The maximum atomic E-state index is 4.56. The number of rotatable bonds is 5. The molecule has 2 N–H and O–H groups in total. The molecule has 3 heterocycles. The summed E-state index contributed by atoms with van der Waals surface area (Å²) in [5.74, 6) is 1.48. The van der Waals surface area contributed by atoms with Crippen LogP contribution in [0.1, 0.15) is 24.5 Å². The van der Waals surface area contributed by atoms with Crippen LogP contribution in [0.5, 0.6) is 0 Å². The number of nitrogens with one attached hydrogen (secondary N) is 2. The Bertz CT molecular complexity index is 918. The van der Waals surface area contributed by atoms with Gasteiger partial charge in [0.1, 0.15) is 11.5 Å².